The van der Waals surface area contributed by atoms with Crippen LogP contribution in [0.1, 0.15) is 61.8 Å². The number of piperidine rings is 1. The Hall–Kier alpha value is -3.16. The number of nitrogens with two attached hydrogens (primary N) is 1. The summed E-state index contributed by atoms with van der Waals surface area (Å²) in [6, 6.07) is 15.0. The molecule has 176 valence electrons. The molecular formula is C30H36N4. The summed E-state index contributed by atoms with van der Waals surface area (Å²) < 4.78 is 0. The molecule has 3 heterocycles. The standard InChI is InChI=1S/C30H36N4/c1-30(2,3)15-12-23-7-5-6-22(18-23)8-9-25-19-27(21-33-29(25)31)28-11-10-26(20-32-28)24-13-16-34(4)17-14-24/h5-7,10-11,18-21,24H,8-9,13-14,16-17H2,1-4H3,(H2,31,33). The Kier molecular flexibility index (Phi) is 7.34. The summed E-state index contributed by atoms with van der Waals surface area (Å²) in [6.45, 7) is 8.70. The number of nitrogens with zero attached hydrogens (tertiary/aromatic N) is 3. The molecule has 0 atom stereocenters. The SMILES string of the molecule is CN1CCC(c2ccc(-c3cnc(N)c(CCc4cccc(C#CC(C)(C)C)c4)c3)nc2)CC1. The van der Waals surface area contributed by atoms with E-state index in [1.54, 1.807) is 0 Å². The fraction of sp³-hybridized carbons (Fsp3) is 0.400. The molecule has 0 bridgehead atoms. The van der Waals surface area contributed by atoms with Crippen molar-refractivity contribution >= 4 is 5.82 Å². The van der Waals surface area contributed by atoms with Crippen LogP contribution in [0.4, 0.5) is 5.82 Å². The molecule has 1 aliphatic rings. The van der Waals surface area contributed by atoms with Crippen LogP contribution in [0, 0.1) is 17.3 Å². The second kappa shape index (κ2) is 10.4. The normalized spacial score (nSPS) is 15.1. The van der Waals surface area contributed by atoms with Gasteiger partial charge in [0.1, 0.15) is 5.82 Å². The Balaban J connectivity index is 1.45. The first-order chi connectivity index (χ1) is 16.3. The number of aryl methyl sites for hydroxylation is 2. The predicted octanol–water partition coefficient (Wildman–Crippen LogP) is 5.72. The first-order valence-corrected chi connectivity index (χ1v) is 12.3. The fourth-order valence-corrected chi connectivity index (χ4v) is 4.36. The van der Waals surface area contributed by atoms with Crippen molar-refractivity contribution in [1.82, 2.24) is 14.9 Å². The van der Waals surface area contributed by atoms with Gasteiger partial charge in [-0.25, -0.2) is 4.98 Å². The maximum Gasteiger partial charge on any atom is 0.126 e. The molecule has 3 aromatic rings. The average Bonchev–Trinajstić information content (AvgIpc) is 2.83. The molecule has 1 saturated heterocycles. The van der Waals surface area contributed by atoms with Gasteiger partial charge < -0.3 is 10.6 Å². The molecule has 1 aromatic carbocycles. The second-order valence-electron chi connectivity index (χ2n) is 10.5. The monoisotopic (exact) mass is 452 g/mol. The summed E-state index contributed by atoms with van der Waals surface area (Å²) in [7, 11) is 2.20. The Morgan fingerprint density at radius 1 is 1.00 bits per heavy atom. The van der Waals surface area contributed by atoms with Crippen molar-refractivity contribution in [3.63, 3.8) is 0 Å². The summed E-state index contributed by atoms with van der Waals surface area (Å²) in [4.78, 5) is 11.6. The number of likely N-dealkylation sites (tertiary alicyclic amines) is 1. The van der Waals surface area contributed by atoms with E-state index in [1.165, 1.54) is 24.0 Å². The minimum absolute atomic E-state index is 0.00405. The van der Waals surface area contributed by atoms with E-state index in [-0.39, 0.29) is 5.41 Å². The second-order valence-corrected chi connectivity index (χ2v) is 10.5. The van der Waals surface area contributed by atoms with E-state index >= 15 is 0 Å². The van der Waals surface area contributed by atoms with Gasteiger partial charge in [-0.15, -0.1) is 0 Å². The highest BCUT2D eigenvalue weighted by molar-refractivity contribution is 5.62. The molecule has 4 nitrogen and oxygen atoms in total. The van der Waals surface area contributed by atoms with Gasteiger partial charge in [-0.2, -0.15) is 0 Å². The minimum Gasteiger partial charge on any atom is -0.383 e. The van der Waals surface area contributed by atoms with Gasteiger partial charge in [0.15, 0.2) is 0 Å². The van der Waals surface area contributed by atoms with E-state index in [0.717, 1.165) is 48.3 Å². The summed E-state index contributed by atoms with van der Waals surface area (Å²) in [6.07, 6.45) is 8.01. The van der Waals surface area contributed by atoms with Crippen molar-refractivity contribution in [2.24, 2.45) is 5.41 Å². The lowest BCUT2D eigenvalue weighted by molar-refractivity contribution is 0.255. The number of nitrogen functional groups attached to an aromatic ring is 1. The number of pyridine rings is 2. The molecule has 0 spiro atoms. The Morgan fingerprint density at radius 2 is 1.79 bits per heavy atom. The van der Waals surface area contributed by atoms with Crippen LogP contribution in [-0.2, 0) is 12.8 Å². The van der Waals surface area contributed by atoms with Gasteiger partial charge in [0.25, 0.3) is 0 Å². The zero-order valence-corrected chi connectivity index (χ0v) is 20.9. The summed E-state index contributed by atoms with van der Waals surface area (Å²) >= 11 is 0. The molecule has 4 rings (SSSR count). The third-order valence-electron chi connectivity index (χ3n) is 6.47. The highest BCUT2D eigenvalue weighted by Gasteiger charge is 2.18. The van der Waals surface area contributed by atoms with Crippen LogP contribution in [0.5, 0.6) is 0 Å². The van der Waals surface area contributed by atoms with Gasteiger partial charge in [0.2, 0.25) is 0 Å². The van der Waals surface area contributed by atoms with Gasteiger partial charge in [-0.3, -0.25) is 4.98 Å². The summed E-state index contributed by atoms with van der Waals surface area (Å²) in [5, 5.41) is 0. The zero-order valence-electron chi connectivity index (χ0n) is 20.9. The van der Waals surface area contributed by atoms with Gasteiger partial charge in [-0.1, -0.05) is 30.0 Å². The van der Waals surface area contributed by atoms with Crippen molar-refractivity contribution in [3.05, 3.63) is 77.1 Å². The van der Waals surface area contributed by atoms with Crippen molar-refractivity contribution in [1.29, 1.82) is 0 Å². The van der Waals surface area contributed by atoms with Crippen LogP contribution in [0.3, 0.4) is 0 Å². The molecule has 2 aromatic heterocycles. The first kappa shape index (κ1) is 24.0. The number of hydrogen-bond donors (Lipinski definition) is 1. The maximum absolute atomic E-state index is 6.23. The number of benzene rings is 1. The van der Waals surface area contributed by atoms with Crippen molar-refractivity contribution in [2.45, 2.75) is 52.4 Å². The van der Waals surface area contributed by atoms with Gasteiger partial charge in [-0.05, 0) is 113 Å². The number of rotatable bonds is 5. The van der Waals surface area contributed by atoms with Crippen LogP contribution < -0.4 is 5.73 Å². The van der Waals surface area contributed by atoms with Gasteiger partial charge >= 0.3 is 0 Å². The molecule has 0 unspecified atom stereocenters. The maximum atomic E-state index is 6.23. The molecule has 0 amide bonds. The molecule has 0 saturated carbocycles. The van der Waals surface area contributed by atoms with E-state index in [0.29, 0.717) is 11.7 Å². The number of hydrogen-bond acceptors (Lipinski definition) is 4. The van der Waals surface area contributed by atoms with Crippen LogP contribution in [-0.4, -0.2) is 35.0 Å². The summed E-state index contributed by atoms with van der Waals surface area (Å²) in [5.74, 6) is 7.81. The lowest BCUT2D eigenvalue weighted by Crippen LogP contribution is -2.29. The Labute approximate surface area is 204 Å². The third-order valence-corrected chi connectivity index (χ3v) is 6.47. The molecule has 2 N–H and O–H groups in total. The average molecular weight is 453 g/mol. The van der Waals surface area contributed by atoms with Gasteiger partial charge in [0.05, 0.1) is 5.69 Å². The number of anilines is 1. The van der Waals surface area contributed by atoms with Crippen LogP contribution >= 0.6 is 0 Å². The topological polar surface area (TPSA) is 55.0 Å². The van der Waals surface area contributed by atoms with E-state index in [4.69, 9.17) is 10.7 Å². The van der Waals surface area contributed by atoms with Crippen molar-refractivity contribution < 1.29 is 0 Å². The smallest absolute Gasteiger partial charge is 0.126 e. The number of aromatic nitrogens is 2. The molecule has 0 aliphatic carbocycles. The van der Waals surface area contributed by atoms with Crippen LogP contribution in [0.15, 0.2) is 54.9 Å². The molecule has 0 radical (unpaired) electrons. The van der Waals surface area contributed by atoms with E-state index in [2.05, 4.69) is 92.0 Å². The van der Waals surface area contributed by atoms with Crippen LogP contribution in [0.25, 0.3) is 11.3 Å². The van der Waals surface area contributed by atoms with E-state index in [1.807, 2.05) is 12.4 Å². The van der Waals surface area contributed by atoms with Crippen LogP contribution in [0.2, 0.25) is 0 Å². The molecular weight excluding hydrogens is 416 g/mol. The third kappa shape index (κ3) is 6.46. The fourth-order valence-electron chi connectivity index (χ4n) is 4.36. The Morgan fingerprint density at radius 3 is 2.50 bits per heavy atom. The quantitative estimate of drug-likeness (QED) is 0.503. The lowest BCUT2D eigenvalue weighted by Gasteiger charge is -2.29. The largest absolute Gasteiger partial charge is 0.383 e. The first-order valence-electron chi connectivity index (χ1n) is 12.3. The van der Waals surface area contributed by atoms with Crippen molar-refractivity contribution in [3.8, 4) is 23.1 Å². The van der Waals surface area contributed by atoms with E-state index in [9.17, 15) is 0 Å². The van der Waals surface area contributed by atoms with Gasteiger partial charge in [0, 0.05) is 28.9 Å². The van der Waals surface area contributed by atoms with E-state index < -0.39 is 0 Å². The molecule has 1 fully saturated rings. The molecule has 4 heteroatoms. The minimum atomic E-state index is -0.00405. The Bertz CT molecular complexity index is 1170. The highest BCUT2D eigenvalue weighted by atomic mass is 15.1. The van der Waals surface area contributed by atoms with Crippen molar-refractivity contribution in [2.75, 3.05) is 25.9 Å². The highest BCUT2D eigenvalue weighted by Crippen LogP contribution is 2.29. The lowest BCUT2D eigenvalue weighted by atomic mass is 9.90. The zero-order chi connectivity index (χ0) is 24.1. The molecule has 1 aliphatic heterocycles. The predicted molar refractivity (Wildman–Crippen MR) is 142 cm³/mol. The molecule has 34 heavy (non-hydrogen) atoms. The summed E-state index contributed by atoms with van der Waals surface area (Å²) in [5.41, 5.74) is 12.9.